The number of hydrogen-bond acceptors (Lipinski definition) is 7. The summed E-state index contributed by atoms with van der Waals surface area (Å²) in [5, 5.41) is 14.1. The summed E-state index contributed by atoms with van der Waals surface area (Å²) in [6, 6.07) is 5.37. The van der Waals surface area contributed by atoms with Crippen molar-refractivity contribution in [2.24, 2.45) is 5.92 Å². The zero-order chi connectivity index (χ0) is 23.2. The second kappa shape index (κ2) is 10.7. The molecule has 0 saturated carbocycles. The Kier molecular flexibility index (Phi) is 8.50. The average Bonchev–Trinajstić information content (AvgIpc) is 3.13. The van der Waals surface area contributed by atoms with E-state index in [-0.39, 0.29) is 28.7 Å². The van der Waals surface area contributed by atoms with E-state index in [9.17, 15) is 9.59 Å². The van der Waals surface area contributed by atoms with Gasteiger partial charge >= 0.3 is 6.09 Å². The van der Waals surface area contributed by atoms with E-state index in [2.05, 4.69) is 20.8 Å². The molecule has 0 unspecified atom stereocenters. The summed E-state index contributed by atoms with van der Waals surface area (Å²) >= 11 is 1.15. The molecule has 0 aliphatic carbocycles. The first kappa shape index (κ1) is 24.7. The van der Waals surface area contributed by atoms with Crippen molar-refractivity contribution in [2.75, 3.05) is 11.1 Å². The molecule has 2 atom stereocenters. The van der Waals surface area contributed by atoms with Gasteiger partial charge in [0, 0.05) is 5.69 Å². The number of thioether (sulfide) groups is 1. The first-order valence-corrected chi connectivity index (χ1v) is 11.3. The van der Waals surface area contributed by atoms with Crippen LogP contribution in [0.15, 0.2) is 27.8 Å². The molecule has 1 aromatic carbocycles. The largest absolute Gasteiger partial charge is 0.444 e. The maximum atomic E-state index is 12.3. The summed E-state index contributed by atoms with van der Waals surface area (Å²) in [5.41, 5.74) is 2.31. The first-order chi connectivity index (χ1) is 14.5. The predicted octanol–water partition coefficient (Wildman–Crippen LogP) is 5.03. The van der Waals surface area contributed by atoms with E-state index in [1.165, 1.54) is 0 Å². The van der Waals surface area contributed by atoms with Gasteiger partial charge in [-0.2, -0.15) is 0 Å². The number of nitrogens with zero attached hydrogens (tertiary/aromatic N) is 2. The molecular formula is C22H32N4O4S. The van der Waals surface area contributed by atoms with Gasteiger partial charge in [-0.25, -0.2) is 4.79 Å². The van der Waals surface area contributed by atoms with E-state index < -0.39 is 17.7 Å². The number of nitrogens with one attached hydrogen (secondary N) is 2. The molecule has 2 N–H and O–H groups in total. The van der Waals surface area contributed by atoms with Gasteiger partial charge in [-0.3, -0.25) is 4.79 Å². The Morgan fingerprint density at radius 2 is 1.94 bits per heavy atom. The van der Waals surface area contributed by atoms with Crippen LogP contribution in [-0.2, 0) is 9.53 Å². The minimum atomic E-state index is -0.608. The number of alkyl carbamates (subject to hydrolysis) is 1. The van der Waals surface area contributed by atoms with Gasteiger partial charge in [-0.05, 0) is 52.2 Å². The Labute approximate surface area is 187 Å². The highest BCUT2D eigenvalue weighted by molar-refractivity contribution is 7.99. The lowest BCUT2D eigenvalue weighted by Crippen LogP contribution is -2.37. The van der Waals surface area contributed by atoms with Gasteiger partial charge in [0.2, 0.25) is 11.8 Å². The Bertz CT molecular complexity index is 907. The first-order valence-electron chi connectivity index (χ1n) is 10.3. The molecule has 0 aliphatic heterocycles. The van der Waals surface area contributed by atoms with E-state index >= 15 is 0 Å². The van der Waals surface area contributed by atoms with Gasteiger partial charge in [0.15, 0.2) is 0 Å². The number of aromatic nitrogens is 2. The Hall–Kier alpha value is -2.55. The van der Waals surface area contributed by atoms with Crippen molar-refractivity contribution in [2.45, 2.75) is 71.8 Å². The summed E-state index contributed by atoms with van der Waals surface area (Å²) < 4.78 is 11.1. The molecule has 0 saturated heterocycles. The smallest absolute Gasteiger partial charge is 0.408 e. The van der Waals surface area contributed by atoms with Crippen molar-refractivity contribution in [3.05, 3.63) is 35.2 Å². The van der Waals surface area contributed by atoms with Crippen LogP contribution in [0.5, 0.6) is 0 Å². The maximum Gasteiger partial charge on any atom is 0.408 e. The second-order valence-electron chi connectivity index (χ2n) is 8.57. The second-order valence-corrected chi connectivity index (χ2v) is 9.50. The fourth-order valence-corrected chi connectivity index (χ4v) is 3.36. The van der Waals surface area contributed by atoms with Crippen molar-refractivity contribution in [1.82, 2.24) is 15.5 Å². The van der Waals surface area contributed by atoms with Crippen molar-refractivity contribution in [3.8, 4) is 0 Å². The quantitative estimate of drug-likeness (QED) is 0.546. The van der Waals surface area contributed by atoms with E-state index in [0.29, 0.717) is 0 Å². The number of rotatable bonds is 8. The number of anilines is 1. The van der Waals surface area contributed by atoms with Gasteiger partial charge < -0.3 is 19.8 Å². The molecule has 170 valence electrons. The highest BCUT2D eigenvalue weighted by Gasteiger charge is 2.28. The SMILES string of the molecule is CC[C@@H](C)[C@H](NC(=O)OC(C)(C)C)c1nnc(SCC(=O)Nc2ccc(C)cc2C)o1. The molecule has 0 fully saturated rings. The van der Waals surface area contributed by atoms with E-state index in [1.54, 1.807) is 20.8 Å². The maximum absolute atomic E-state index is 12.3. The molecule has 0 bridgehead atoms. The molecule has 8 nitrogen and oxygen atoms in total. The molecule has 31 heavy (non-hydrogen) atoms. The third-order valence-corrected chi connectivity index (χ3v) is 5.37. The zero-order valence-electron chi connectivity index (χ0n) is 19.2. The van der Waals surface area contributed by atoms with Crippen molar-refractivity contribution in [3.63, 3.8) is 0 Å². The van der Waals surface area contributed by atoms with Crippen LogP contribution < -0.4 is 10.6 Å². The summed E-state index contributed by atoms with van der Waals surface area (Å²) in [4.78, 5) is 24.5. The molecule has 9 heteroatoms. The number of ether oxygens (including phenoxy) is 1. The molecule has 2 aromatic rings. The number of benzene rings is 1. The average molecular weight is 449 g/mol. The van der Waals surface area contributed by atoms with Gasteiger partial charge in [0.25, 0.3) is 5.22 Å². The highest BCUT2D eigenvalue weighted by Crippen LogP contribution is 2.27. The molecule has 2 rings (SSSR count). The monoisotopic (exact) mass is 448 g/mol. The van der Waals surface area contributed by atoms with Crippen LogP contribution in [0.2, 0.25) is 0 Å². The van der Waals surface area contributed by atoms with Crippen molar-refractivity contribution < 1.29 is 18.7 Å². The summed E-state index contributed by atoms with van der Waals surface area (Å²) in [5.74, 6) is 0.306. The lowest BCUT2D eigenvalue weighted by molar-refractivity contribution is -0.113. The fraction of sp³-hybridized carbons (Fsp3) is 0.545. The highest BCUT2D eigenvalue weighted by atomic mass is 32.2. The predicted molar refractivity (Wildman–Crippen MR) is 121 cm³/mol. The summed E-state index contributed by atoms with van der Waals surface area (Å²) in [6.07, 6.45) is 0.252. The summed E-state index contributed by atoms with van der Waals surface area (Å²) in [6.45, 7) is 13.4. The summed E-state index contributed by atoms with van der Waals surface area (Å²) in [7, 11) is 0. The molecule has 0 spiro atoms. The number of aryl methyl sites for hydroxylation is 2. The van der Waals surface area contributed by atoms with Crippen LogP contribution in [0.25, 0.3) is 0 Å². The van der Waals surface area contributed by atoms with Crippen LogP contribution in [-0.4, -0.2) is 33.6 Å². The van der Waals surface area contributed by atoms with E-state index in [4.69, 9.17) is 9.15 Å². The molecule has 2 amide bonds. The normalized spacial score (nSPS) is 13.4. The molecule has 0 radical (unpaired) electrons. The van der Waals surface area contributed by atoms with Crippen LogP contribution in [0.4, 0.5) is 10.5 Å². The molecule has 1 heterocycles. The minimum Gasteiger partial charge on any atom is -0.444 e. The van der Waals surface area contributed by atoms with Gasteiger partial charge in [-0.1, -0.05) is 49.7 Å². The third-order valence-electron chi connectivity index (χ3n) is 4.56. The molecule has 0 aliphatic rings. The van der Waals surface area contributed by atoms with Crippen LogP contribution in [0.1, 0.15) is 64.1 Å². The lowest BCUT2D eigenvalue weighted by atomic mass is 9.99. The van der Waals surface area contributed by atoms with Gasteiger partial charge in [0.05, 0.1) is 5.75 Å². The Morgan fingerprint density at radius 1 is 1.23 bits per heavy atom. The van der Waals surface area contributed by atoms with Crippen LogP contribution in [0.3, 0.4) is 0 Å². The van der Waals surface area contributed by atoms with Crippen molar-refractivity contribution >= 4 is 29.4 Å². The van der Waals surface area contributed by atoms with Gasteiger partial charge in [0.1, 0.15) is 11.6 Å². The minimum absolute atomic E-state index is 0.0543. The molecular weight excluding hydrogens is 416 g/mol. The number of carbonyl (C=O) groups is 2. The fourth-order valence-electron chi connectivity index (χ4n) is 2.79. The molecule has 1 aromatic heterocycles. The van der Waals surface area contributed by atoms with Crippen LogP contribution >= 0.6 is 11.8 Å². The topological polar surface area (TPSA) is 106 Å². The Morgan fingerprint density at radius 3 is 2.55 bits per heavy atom. The number of amides is 2. The Balaban J connectivity index is 1.99. The van der Waals surface area contributed by atoms with Crippen LogP contribution in [0, 0.1) is 19.8 Å². The van der Waals surface area contributed by atoms with Crippen molar-refractivity contribution in [1.29, 1.82) is 0 Å². The van der Waals surface area contributed by atoms with Gasteiger partial charge in [-0.15, -0.1) is 10.2 Å². The number of hydrogen-bond donors (Lipinski definition) is 2. The standard InChI is InChI=1S/C22H32N4O4S/c1-8-14(3)18(24-20(28)30-22(5,6)7)19-25-26-21(29-19)31-12-17(27)23-16-10-9-13(2)11-15(16)4/h9-11,14,18H,8,12H2,1-7H3,(H,23,27)(H,24,28)/t14-,18+/m1/s1. The lowest BCUT2D eigenvalue weighted by Gasteiger charge is -2.24. The van der Waals surface area contributed by atoms with E-state index in [0.717, 1.165) is 35.0 Å². The third kappa shape index (κ3) is 7.90. The van der Waals surface area contributed by atoms with E-state index in [1.807, 2.05) is 45.9 Å². The zero-order valence-corrected chi connectivity index (χ0v) is 20.1. The number of carbonyl (C=O) groups excluding carboxylic acids is 2.